The van der Waals surface area contributed by atoms with Gasteiger partial charge in [-0.2, -0.15) is 0 Å². The van der Waals surface area contributed by atoms with Crippen LogP contribution in [-0.2, 0) is 0 Å². The van der Waals surface area contributed by atoms with E-state index in [-0.39, 0.29) is 0 Å². The molecule has 0 radical (unpaired) electrons. The van der Waals surface area contributed by atoms with Crippen LogP contribution in [0, 0.1) is 5.92 Å². The Labute approximate surface area is 104 Å². The van der Waals surface area contributed by atoms with Gasteiger partial charge in [0, 0.05) is 31.1 Å². The van der Waals surface area contributed by atoms with E-state index in [0.29, 0.717) is 10.9 Å². The highest BCUT2D eigenvalue weighted by Crippen LogP contribution is 2.28. The van der Waals surface area contributed by atoms with Gasteiger partial charge in [-0.15, -0.1) is 0 Å². The van der Waals surface area contributed by atoms with Crippen LogP contribution in [-0.4, -0.2) is 53.6 Å². The summed E-state index contributed by atoms with van der Waals surface area (Å²) >= 11 is 5.05. The van der Waals surface area contributed by atoms with Gasteiger partial charge in [0.05, 0.1) is 4.99 Å². The zero-order chi connectivity index (χ0) is 11.7. The molecule has 3 atom stereocenters. The maximum atomic E-state index is 5.69. The Bertz CT molecular complexity index is 269. The molecule has 0 aromatic carbocycles. The summed E-state index contributed by atoms with van der Waals surface area (Å²) in [4.78, 5) is 5.78. The standard InChI is InChI=1S/C12H23N3S/c1-9(12(13)16)7-15-6-5-10-3-4-11(8-15)14(10)2/h9-11H,3-8H2,1-2H3,(H2,13,16). The number of rotatable bonds is 3. The first-order valence-corrected chi connectivity index (χ1v) is 6.72. The maximum Gasteiger partial charge on any atom is 0.0768 e. The van der Waals surface area contributed by atoms with Crippen molar-refractivity contribution in [2.24, 2.45) is 11.7 Å². The fourth-order valence-corrected chi connectivity index (χ4v) is 3.10. The molecule has 2 rings (SSSR count). The van der Waals surface area contributed by atoms with Crippen molar-refractivity contribution in [2.75, 3.05) is 26.7 Å². The lowest BCUT2D eigenvalue weighted by Gasteiger charge is -2.27. The van der Waals surface area contributed by atoms with Gasteiger partial charge in [0.2, 0.25) is 0 Å². The topological polar surface area (TPSA) is 32.5 Å². The smallest absolute Gasteiger partial charge is 0.0768 e. The summed E-state index contributed by atoms with van der Waals surface area (Å²) in [5.41, 5.74) is 5.69. The monoisotopic (exact) mass is 241 g/mol. The zero-order valence-corrected chi connectivity index (χ0v) is 11.2. The third kappa shape index (κ3) is 2.55. The molecule has 3 unspecified atom stereocenters. The Morgan fingerprint density at radius 2 is 2.06 bits per heavy atom. The first kappa shape index (κ1) is 12.3. The van der Waals surface area contributed by atoms with Crippen LogP contribution >= 0.6 is 12.2 Å². The van der Waals surface area contributed by atoms with E-state index < -0.39 is 0 Å². The van der Waals surface area contributed by atoms with E-state index in [2.05, 4.69) is 23.8 Å². The summed E-state index contributed by atoms with van der Waals surface area (Å²) in [5.74, 6) is 0.344. The molecular weight excluding hydrogens is 218 g/mol. The van der Waals surface area contributed by atoms with Crippen LogP contribution in [0.2, 0.25) is 0 Å². The summed E-state index contributed by atoms with van der Waals surface area (Å²) in [6.45, 7) is 5.57. The highest BCUT2D eigenvalue weighted by Gasteiger charge is 2.34. The molecule has 4 heteroatoms. The van der Waals surface area contributed by atoms with Crippen LogP contribution in [0.4, 0.5) is 0 Å². The van der Waals surface area contributed by atoms with Crippen molar-refractivity contribution < 1.29 is 0 Å². The van der Waals surface area contributed by atoms with Crippen LogP contribution in [0.15, 0.2) is 0 Å². The lowest BCUT2D eigenvalue weighted by molar-refractivity contribution is 0.213. The van der Waals surface area contributed by atoms with Gasteiger partial charge in [-0.25, -0.2) is 0 Å². The van der Waals surface area contributed by atoms with Crippen LogP contribution in [0.1, 0.15) is 26.2 Å². The minimum absolute atomic E-state index is 0.344. The van der Waals surface area contributed by atoms with E-state index in [0.717, 1.165) is 18.6 Å². The minimum atomic E-state index is 0.344. The van der Waals surface area contributed by atoms with Gasteiger partial charge in [-0.3, -0.25) is 4.90 Å². The summed E-state index contributed by atoms with van der Waals surface area (Å²) in [6.07, 6.45) is 4.05. The van der Waals surface area contributed by atoms with Crippen molar-refractivity contribution in [3.8, 4) is 0 Å². The maximum absolute atomic E-state index is 5.69. The first-order chi connectivity index (χ1) is 7.58. The van der Waals surface area contributed by atoms with Crippen molar-refractivity contribution in [2.45, 2.75) is 38.3 Å². The van der Waals surface area contributed by atoms with Gasteiger partial charge >= 0.3 is 0 Å². The fourth-order valence-electron chi connectivity index (χ4n) is 3.02. The Hall–Kier alpha value is -0.190. The van der Waals surface area contributed by atoms with Crippen molar-refractivity contribution in [1.29, 1.82) is 0 Å². The number of fused-ring (bicyclic) bond motifs is 2. The van der Waals surface area contributed by atoms with E-state index >= 15 is 0 Å². The largest absolute Gasteiger partial charge is 0.393 e. The van der Waals surface area contributed by atoms with Crippen LogP contribution in [0.5, 0.6) is 0 Å². The second-order valence-corrected chi connectivity index (χ2v) is 5.87. The Balaban J connectivity index is 1.91. The number of nitrogens with zero attached hydrogens (tertiary/aromatic N) is 2. The van der Waals surface area contributed by atoms with Crippen molar-refractivity contribution in [3.05, 3.63) is 0 Å². The molecule has 0 spiro atoms. The van der Waals surface area contributed by atoms with Crippen LogP contribution in [0.3, 0.4) is 0 Å². The summed E-state index contributed by atoms with van der Waals surface area (Å²) in [7, 11) is 2.28. The number of likely N-dealkylation sites (N-methyl/N-ethyl adjacent to an activating group) is 1. The Kier molecular flexibility index (Phi) is 3.82. The Morgan fingerprint density at radius 3 is 2.75 bits per heavy atom. The van der Waals surface area contributed by atoms with Gasteiger partial charge in [-0.05, 0) is 32.9 Å². The quantitative estimate of drug-likeness (QED) is 0.750. The molecule has 2 fully saturated rings. The van der Waals surface area contributed by atoms with Gasteiger partial charge in [0.25, 0.3) is 0 Å². The summed E-state index contributed by atoms with van der Waals surface area (Å²) in [5, 5.41) is 0. The predicted molar refractivity (Wildman–Crippen MR) is 71.6 cm³/mol. The number of hydrogen-bond acceptors (Lipinski definition) is 3. The highest BCUT2D eigenvalue weighted by molar-refractivity contribution is 7.80. The number of thiocarbonyl (C=S) groups is 1. The molecule has 2 aliphatic heterocycles. The average Bonchev–Trinajstić information content (AvgIpc) is 2.46. The minimum Gasteiger partial charge on any atom is -0.393 e. The molecule has 2 N–H and O–H groups in total. The van der Waals surface area contributed by atoms with E-state index in [9.17, 15) is 0 Å². The van der Waals surface area contributed by atoms with Crippen molar-refractivity contribution in [1.82, 2.24) is 9.80 Å². The second-order valence-electron chi connectivity index (χ2n) is 5.40. The SMILES string of the molecule is CC(CN1CCC2CCC(C1)N2C)C(N)=S. The molecule has 2 aliphatic rings. The zero-order valence-electron chi connectivity index (χ0n) is 10.4. The molecule has 0 aromatic heterocycles. The molecule has 2 heterocycles. The third-order valence-electron chi connectivity index (χ3n) is 4.25. The predicted octanol–water partition coefficient (Wildman–Crippen LogP) is 1.08. The Morgan fingerprint density at radius 1 is 1.38 bits per heavy atom. The number of likely N-dealkylation sites (tertiary alicyclic amines) is 1. The van der Waals surface area contributed by atoms with Gasteiger partial charge in [-0.1, -0.05) is 19.1 Å². The molecule has 3 nitrogen and oxygen atoms in total. The van der Waals surface area contributed by atoms with Gasteiger partial charge in [0.15, 0.2) is 0 Å². The summed E-state index contributed by atoms with van der Waals surface area (Å²) in [6, 6.07) is 1.57. The van der Waals surface area contributed by atoms with E-state index in [1.54, 1.807) is 0 Å². The molecule has 2 bridgehead atoms. The van der Waals surface area contributed by atoms with E-state index in [1.165, 1.54) is 32.4 Å². The normalized spacial score (nSPS) is 33.6. The highest BCUT2D eigenvalue weighted by atomic mass is 32.1. The average molecular weight is 241 g/mol. The van der Waals surface area contributed by atoms with Gasteiger partial charge < -0.3 is 10.6 Å². The molecule has 0 aliphatic carbocycles. The molecule has 2 saturated heterocycles. The molecule has 16 heavy (non-hydrogen) atoms. The van der Waals surface area contributed by atoms with Gasteiger partial charge in [0.1, 0.15) is 0 Å². The lowest BCUT2D eigenvalue weighted by atomic mass is 10.1. The molecule has 0 amide bonds. The van der Waals surface area contributed by atoms with Crippen LogP contribution < -0.4 is 5.73 Å². The van der Waals surface area contributed by atoms with E-state index in [1.807, 2.05) is 0 Å². The van der Waals surface area contributed by atoms with Crippen LogP contribution in [0.25, 0.3) is 0 Å². The molecular formula is C12H23N3S. The lowest BCUT2D eigenvalue weighted by Crippen LogP contribution is -2.40. The van der Waals surface area contributed by atoms with Crippen molar-refractivity contribution in [3.63, 3.8) is 0 Å². The van der Waals surface area contributed by atoms with Crippen molar-refractivity contribution >= 4 is 17.2 Å². The van der Waals surface area contributed by atoms with E-state index in [4.69, 9.17) is 18.0 Å². The fraction of sp³-hybridized carbons (Fsp3) is 0.917. The molecule has 0 aromatic rings. The third-order valence-corrected chi connectivity index (χ3v) is 4.65. The first-order valence-electron chi connectivity index (χ1n) is 6.31. The number of nitrogens with two attached hydrogens (primary N) is 1. The molecule has 0 saturated carbocycles. The molecule has 92 valence electrons. The second kappa shape index (κ2) is 4.98. The summed E-state index contributed by atoms with van der Waals surface area (Å²) < 4.78 is 0. The number of hydrogen-bond donors (Lipinski definition) is 1.